The Balaban J connectivity index is 1.38. The molecule has 4 heterocycles. The largest absolute Gasteiger partial charge is 0.256 e. The average molecular weight is 490 g/mol. The van der Waals surface area contributed by atoms with E-state index in [-0.39, 0.29) is 0 Å². The van der Waals surface area contributed by atoms with Crippen LogP contribution < -0.4 is 0 Å². The van der Waals surface area contributed by atoms with E-state index in [2.05, 4.69) is 101 Å². The van der Waals surface area contributed by atoms with E-state index in [0.717, 1.165) is 38.6 Å². The fourth-order valence-electron chi connectivity index (χ4n) is 5.43. The lowest BCUT2D eigenvalue weighted by molar-refractivity contribution is 1.37. The highest BCUT2D eigenvalue weighted by molar-refractivity contribution is 7.26. The normalized spacial score (nSPS) is 11.8. The SMILES string of the molecule is c1cnc2c(c1)ccc1ccc(-c3ccc4sc5cccc(-c6cccc7ncccc67)c5c4c3)nc12. The van der Waals surface area contributed by atoms with Crippen molar-refractivity contribution < 1.29 is 0 Å². The fourth-order valence-corrected chi connectivity index (χ4v) is 6.55. The van der Waals surface area contributed by atoms with Crippen molar-refractivity contribution in [3.05, 3.63) is 116 Å². The summed E-state index contributed by atoms with van der Waals surface area (Å²) in [6.45, 7) is 0. The Morgan fingerprint density at radius 2 is 1.35 bits per heavy atom. The highest BCUT2D eigenvalue weighted by atomic mass is 32.1. The minimum absolute atomic E-state index is 0.940. The lowest BCUT2D eigenvalue weighted by Gasteiger charge is -2.09. The zero-order valence-corrected chi connectivity index (χ0v) is 20.5. The molecule has 3 nitrogen and oxygen atoms in total. The van der Waals surface area contributed by atoms with Crippen molar-refractivity contribution in [2.24, 2.45) is 0 Å². The first-order valence-corrected chi connectivity index (χ1v) is 13.1. The van der Waals surface area contributed by atoms with Gasteiger partial charge in [0.05, 0.1) is 22.2 Å². The van der Waals surface area contributed by atoms with E-state index in [9.17, 15) is 0 Å². The van der Waals surface area contributed by atoms with Crippen molar-refractivity contribution in [2.45, 2.75) is 0 Å². The molecule has 0 radical (unpaired) electrons. The van der Waals surface area contributed by atoms with Crippen LogP contribution in [0.3, 0.4) is 0 Å². The minimum atomic E-state index is 0.940. The summed E-state index contributed by atoms with van der Waals surface area (Å²) < 4.78 is 2.56. The van der Waals surface area contributed by atoms with Gasteiger partial charge in [-0.3, -0.25) is 9.97 Å². The van der Waals surface area contributed by atoms with E-state index in [1.165, 1.54) is 36.7 Å². The molecule has 0 aliphatic heterocycles. The Labute approximate surface area is 216 Å². The molecule has 0 fully saturated rings. The first-order valence-electron chi connectivity index (χ1n) is 12.3. The van der Waals surface area contributed by atoms with Crippen LogP contribution in [0.15, 0.2) is 116 Å². The standard InChI is InChI=1S/C33H19N3S/c1-6-23(24-8-4-17-34-28(24)9-1)25-7-2-10-30-31(25)26-19-22(14-16-29(26)37-30)27-15-13-21-12-11-20-5-3-18-35-32(20)33(21)36-27/h1-19H. The second kappa shape index (κ2) is 7.92. The van der Waals surface area contributed by atoms with Gasteiger partial charge >= 0.3 is 0 Å². The highest BCUT2D eigenvalue weighted by Gasteiger charge is 2.14. The predicted octanol–water partition coefficient (Wildman–Crippen LogP) is 9.03. The van der Waals surface area contributed by atoms with Crippen LogP contribution in [0.25, 0.3) is 75.3 Å². The molecular weight excluding hydrogens is 470 g/mol. The first-order chi connectivity index (χ1) is 18.3. The number of fused-ring (bicyclic) bond motifs is 7. The number of hydrogen-bond acceptors (Lipinski definition) is 4. The van der Waals surface area contributed by atoms with Gasteiger partial charge in [0.15, 0.2) is 0 Å². The molecule has 0 atom stereocenters. The Morgan fingerprint density at radius 1 is 0.541 bits per heavy atom. The van der Waals surface area contributed by atoms with E-state index < -0.39 is 0 Å². The molecular formula is C33H19N3S. The van der Waals surface area contributed by atoms with Gasteiger partial charge in [0.25, 0.3) is 0 Å². The molecule has 0 aliphatic rings. The van der Waals surface area contributed by atoms with Crippen molar-refractivity contribution in [3.63, 3.8) is 0 Å². The molecule has 8 aromatic rings. The van der Waals surface area contributed by atoms with Crippen LogP contribution >= 0.6 is 11.3 Å². The molecule has 0 bridgehead atoms. The summed E-state index contributed by atoms with van der Waals surface area (Å²) in [7, 11) is 0. The smallest absolute Gasteiger partial charge is 0.0972 e. The molecule has 4 heteroatoms. The Bertz CT molecular complexity index is 2150. The summed E-state index contributed by atoms with van der Waals surface area (Å²) in [6, 6.07) is 36.4. The van der Waals surface area contributed by atoms with Gasteiger partial charge in [-0.2, -0.15) is 0 Å². The van der Waals surface area contributed by atoms with E-state index in [1.807, 2.05) is 35.9 Å². The Kier molecular flexibility index (Phi) is 4.39. The van der Waals surface area contributed by atoms with Gasteiger partial charge in [0.1, 0.15) is 0 Å². The zero-order valence-electron chi connectivity index (χ0n) is 19.7. The van der Waals surface area contributed by atoms with E-state index >= 15 is 0 Å². The third-order valence-electron chi connectivity index (χ3n) is 7.16. The van der Waals surface area contributed by atoms with E-state index in [0.29, 0.717) is 0 Å². The molecule has 4 aromatic carbocycles. The first kappa shape index (κ1) is 20.5. The minimum Gasteiger partial charge on any atom is -0.256 e. The van der Waals surface area contributed by atoms with Crippen molar-refractivity contribution in [1.29, 1.82) is 0 Å². The summed E-state index contributed by atoms with van der Waals surface area (Å²) >= 11 is 1.84. The van der Waals surface area contributed by atoms with Gasteiger partial charge in [-0.25, -0.2) is 4.98 Å². The molecule has 172 valence electrons. The second-order valence-electron chi connectivity index (χ2n) is 9.28. The molecule has 0 aliphatic carbocycles. The van der Waals surface area contributed by atoms with Gasteiger partial charge in [0.2, 0.25) is 0 Å². The second-order valence-corrected chi connectivity index (χ2v) is 10.4. The summed E-state index contributed by atoms with van der Waals surface area (Å²) in [5, 5.41) is 5.92. The van der Waals surface area contributed by atoms with Gasteiger partial charge in [-0.05, 0) is 53.6 Å². The molecule has 4 aromatic heterocycles. The van der Waals surface area contributed by atoms with Crippen molar-refractivity contribution >= 4 is 64.2 Å². The molecule has 0 N–H and O–H groups in total. The summed E-state index contributed by atoms with van der Waals surface area (Å²) in [4.78, 5) is 14.3. The summed E-state index contributed by atoms with van der Waals surface area (Å²) in [5.74, 6) is 0. The topological polar surface area (TPSA) is 38.7 Å². The molecule has 0 saturated heterocycles. The van der Waals surface area contributed by atoms with Crippen LogP contribution in [0.4, 0.5) is 0 Å². The van der Waals surface area contributed by atoms with Gasteiger partial charge in [-0.1, -0.05) is 60.7 Å². The number of rotatable bonds is 2. The summed E-state index contributed by atoms with van der Waals surface area (Å²) in [5.41, 5.74) is 7.41. The maximum Gasteiger partial charge on any atom is 0.0972 e. The fraction of sp³-hybridized carbons (Fsp3) is 0. The lowest BCUT2D eigenvalue weighted by Crippen LogP contribution is -1.88. The molecule has 8 rings (SSSR count). The number of hydrogen-bond donors (Lipinski definition) is 0. The Hall–Kier alpha value is -4.67. The molecule has 37 heavy (non-hydrogen) atoms. The monoisotopic (exact) mass is 489 g/mol. The lowest BCUT2D eigenvalue weighted by atomic mass is 9.95. The summed E-state index contributed by atoms with van der Waals surface area (Å²) in [6.07, 6.45) is 3.69. The van der Waals surface area contributed by atoms with Gasteiger partial charge in [-0.15, -0.1) is 11.3 Å². The van der Waals surface area contributed by atoms with Crippen LogP contribution in [0, 0.1) is 0 Å². The number of benzene rings is 4. The highest BCUT2D eigenvalue weighted by Crippen LogP contribution is 2.42. The number of thiophene rings is 1. The predicted molar refractivity (Wildman–Crippen MR) is 156 cm³/mol. The molecule has 0 amide bonds. The molecule has 0 saturated carbocycles. The maximum atomic E-state index is 5.10. The van der Waals surface area contributed by atoms with Crippen LogP contribution in [-0.4, -0.2) is 15.0 Å². The number of nitrogens with zero attached hydrogens (tertiary/aromatic N) is 3. The van der Waals surface area contributed by atoms with Gasteiger partial charge < -0.3 is 0 Å². The average Bonchev–Trinajstić information content (AvgIpc) is 3.35. The third kappa shape index (κ3) is 3.16. The van der Waals surface area contributed by atoms with E-state index in [4.69, 9.17) is 4.98 Å². The van der Waals surface area contributed by atoms with Gasteiger partial charge in [0, 0.05) is 54.3 Å². The maximum absolute atomic E-state index is 5.10. The van der Waals surface area contributed by atoms with Crippen LogP contribution in [0.5, 0.6) is 0 Å². The van der Waals surface area contributed by atoms with Crippen molar-refractivity contribution in [1.82, 2.24) is 15.0 Å². The van der Waals surface area contributed by atoms with Crippen molar-refractivity contribution in [2.75, 3.05) is 0 Å². The molecule has 0 unspecified atom stereocenters. The molecule has 0 spiro atoms. The number of aromatic nitrogens is 3. The Morgan fingerprint density at radius 3 is 2.32 bits per heavy atom. The quantitative estimate of drug-likeness (QED) is 0.227. The van der Waals surface area contributed by atoms with Crippen LogP contribution in [-0.2, 0) is 0 Å². The van der Waals surface area contributed by atoms with Crippen LogP contribution in [0.1, 0.15) is 0 Å². The zero-order chi connectivity index (χ0) is 24.3. The van der Waals surface area contributed by atoms with E-state index in [1.54, 1.807) is 0 Å². The van der Waals surface area contributed by atoms with Crippen LogP contribution in [0.2, 0.25) is 0 Å². The number of pyridine rings is 3. The third-order valence-corrected chi connectivity index (χ3v) is 8.29. The van der Waals surface area contributed by atoms with Crippen molar-refractivity contribution in [3.8, 4) is 22.4 Å².